The van der Waals surface area contributed by atoms with Crippen molar-refractivity contribution in [2.45, 2.75) is 23.7 Å². The molecule has 2 aliphatic rings. The van der Waals surface area contributed by atoms with Gasteiger partial charge in [-0.15, -0.1) is 10.2 Å². The molecule has 0 radical (unpaired) electrons. The van der Waals surface area contributed by atoms with E-state index in [9.17, 15) is 8.42 Å². The Bertz CT molecular complexity index is 1150. The highest BCUT2D eigenvalue weighted by molar-refractivity contribution is 7.89. The van der Waals surface area contributed by atoms with Crippen LogP contribution in [0.5, 0.6) is 11.5 Å². The molecule has 1 aromatic carbocycles. The average Bonchev–Trinajstić information content (AvgIpc) is 3.30. The number of rotatable bonds is 4. The van der Waals surface area contributed by atoms with Crippen LogP contribution in [0.3, 0.4) is 0 Å². The fourth-order valence-corrected chi connectivity index (χ4v) is 5.23. The number of aromatic nitrogens is 3. The van der Waals surface area contributed by atoms with Gasteiger partial charge in [0.1, 0.15) is 18.9 Å². The molecule has 30 heavy (non-hydrogen) atoms. The zero-order chi connectivity index (χ0) is 20.6. The van der Waals surface area contributed by atoms with Crippen molar-refractivity contribution >= 4 is 10.0 Å². The molecule has 156 valence electrons. The molecule has 0 aliphatic carbocycles. The van der Waals surface area contributed by atoms with E-state index in [2.05, 4.69) is 15.2 Å². The van der Waals surface area contributed by atoms with Crippen LogP contribution in [0.1, 0.15) is 24.7 Å². The molecule has 0 bridgehead atoms. The number of pyridine rings is 1. The maximum absolute atomic E-state index is 13.2. The summed E-state index contributed by atoms with van der Waals surface area (Å²) >= 11 is 0. The van der Waals surface area contributed by atoms with Crippen LogP contribution in [0.15, 0.2) is 51.9 Å². The number of ether oxygens (including phenoxy) is 2. The molecule has 0 N–H and O–H groups in total. The van der Waals surface area contributed by atoms with E-state index in [0.717, 1.165) is 6.42 Å². The van der Waals surface area contributed by atoms with E-state index in [-0.39, 0.29) is 17.4 Å². The second kappa shape index (κ2) is 7.69. The lowest BCUT2D eigenvalue weighted by Crippen LogP contribution is -2.39. The highest BCUT2D eigenvalue weighted by Gasteiger charge is 2.34. The number of nitrogens with zero attached hydrogens (tertiary/aromatic N) is 4. The molecule has 4 heterocycles. The minimum atomic E-state index is -3.69. The third-order valence-electron chi connectivity index (χ3n) is 5.21. The fourth-order valence-electron chi connectivity index (χ4n) is 3.69. The first-order valence-corrected chi connectivity index (χ1v) is 11.2. The molecule has 3 aromatic rings. The summed E-state index contributed by atoms with van der Waals surface area (Å²) < 4.78 is 44.8. The van der Waals surface area contributed by atoms with E-state index in [1.807, 2.05) is 12.1 Å². The normalized spacial score (nSPS) is 19.5. The van der Waals surface area contributed by atoms with Crippen LogP contribution in [0.4, 0.5) is 0 Å². The van der Waals surface area contributed by atoms with Crippen LogP contribution in [0.2, 0.25) is 0 Å². The summed E-state index contributed by atoms with van der Waals surface area (Å²) in [5, 5.41) is 8.23. The molecule has 1 unspecified atom stereocenters. The van der Waals surface area contributed by atoms with Crippen molar-refractivity contribution in [1.29, 1.82) is 0 Å². The molecule has 0 saturated carbocycles. The minimum Gasteiger partial charge on any atom is -0.486 e. The van der Waals surface area contributed by atoms with Crippen molar-refractivity contribution in [3.8, 4) is 23.1 Å². The number of hydrogen-bond donors (Lipinski definition) is 0. The van der Waals surface area contributed by atoms with Gasteiger partial charge >= 0.3 is 0 Å². The fraction of sp³-hybridized carbons (Fsp3) is 0.350. The van der Waals surface area contributed by atoms with E-state index in [1.165, 1.54) is 10.4 Å². The van der Waals surface area contributed by atoms with Crippen molar-refractivity contribution in [2.75, 3.05) is 26.3 Å². The van der Waals surface area contributed by atoms with Gasteiger partial charge in [-0.05, 0) is 37.1 Å². The molecule has 0 amide bonds. The number of benzene rings is 1. The van der Waals surface area contributed by atoms with Crippen LogP contribution < -0.4 is 9.47 Å². The van der Waals surface area contributed by atoms with Gasteiger partial charge in [-0.1, -0.05) is 6.07 Å². The average molecular weight is 428 g/mol. The summed E-state index contributed by atoms with van der Waals surface area (Å²) in [5.74, 6) is 1.60. The lowest BCUT2D eigenvalue weighted by Gasteiger charge is -2.30. The van der Waals surface area contributed by atoms with Gasteiger partial charge in [-0.2, -0.15) is 4.31 Å². The first-order valence-electron chi connectivity index (χ1n) is 9.76. The molecule has 2 aromatic heterocycles. The lowest BCUT2D eigenvalue weighted by atomic mass is 10.00. The zero-order valence-electron chi connectivity index (χ0n) is 16.1. The third-order valence-corrected chi connectivity index (χ3v) is 7.07. The van der Waals surface area contributed by atoms with Gasteiger partial charge in [-0.3, -0.25) is 4.98 Å². The van der Waals surface area contributed by atoms with Gasteiger partial charge in [0.2, 0.25) is 15.9 Å². The van der Waals surface area contributed by atoms with Crippen LogP contribution >= 0.6 is 0 Å². The van der Waals surface area contributed by atoms with Crippen LogP contribution in [0, 0.1) is 0 Å². The molecule has 1 saturated heterocycles. The largest absolute Gasteiger partial charge is 0.486 e. The van der Waals surface area contributed by atoms with E-state index in [1.54, 1.807) is 24.4 Å². The van der Waals surface area contributed by atoms with Gasteiger partial charge in [0.25, 0.3) is 5.89 Å². The van der Waals surface area contributed by atoms with Crippen molar-refractivity contribution in [2.24, 2.45) is 0 Å². The Morgan fingerprint density at radius 1 is 1.03 bits per heavy atom. The molecule has 1 fully saturated rings. The second-order valence-corrected chi connectivity index (χ2v) is 9.11. The molecule has 10 heteroatoms. The van der Waals surface area contributed by atoms with Crippen molar-refractivity contribution in [3.05, 3.63) is 48.5 Å². The smallest absolute Gasteiger partial charge is 0.266 e. The van der Waals surface area contributed by atoms with Crippen LogP contribution in [0.25, 0.3) is 11.6 Å². The SMILES string of the molecule is O=S(=O)(c1ccc2c(c1)OCCO2)N1CCCC(c2nnc(-c3ccccn3)o2)C1. The maximum atomic E-state index is 13.2. The predicted molar refractivity (Wildman–Crippen MR) is 106 cm³/mol. The van der Waals surface area contributed by atoms with E-state index in [4.69, 9.17) is 13.9 Å². The van der Waals surface area contributed by atoms with Crippen molar-refractivity contribution < 1.29 is 22.3 Å². The lowest BCUT2D eigenvalue weighted by molar-refractivity contribution is 0.171. The summed E-state index contributed by atoms with van der Waals surface area (Å²) in [7, 11) is -3.69. The third kappa shape index (κ3) is 3.52. The van der Waals surface area contributed by atoms with Crippen molar-refractivity contribution in [1.82, 2.24) is 19.5 Å². The van der Waals surface area contributed by atoms with Crippen LogP contribution in [-0.4, -0.2) is 54.2 Å². The first-order chi connectivity index (χ1) is 14.6. The molecular formula is C20H20N4O5S. The number of sulfonamides is 1. The molecule has 9 nitrogen and oxygen atoms in total. The van der Waals surface area contributed by atoms with Gasteiger partial charge in [0.05, 0.1) is 10.8 Å². The van der Waals surface area contributed by atoms with E-state index in [0.29, 0.717) is 55.2 Å². The van der Waals surface area contributed by atoms with Gasteiger partial charge in [0.15, 0.2) is 11.5 Å². The topological polar surface area (TPSA) is 108 Å². The molecule has 2 aliphatic heterocycles. The Kier molecular flexibility index (Phi) is 4.87. The van der Waals surface area contributed by atoms with E-state index >= 15 is 0 Å². The summed E-state index contributed by atoms with van der Waals surface area (Å²) in [6, 6.07) is 10.2. The van der Waals surface area contributed by atoms with Crippen molar-refractivity contribution in [3.63, 3.8) is 0 Å². The highest BCUT2D eigenvalue weighted by Crippen LogP contribution is 2.35. The van der Waals surface area contributed by atoms with Gasteiger partial charge in [-0.25, -0.2) is 8.42 Å². The van der Waals surface area contributed by atoms with Gasteiger partial charge < -0.3 is 13.9 Å². The monoisotopic (exact) mass is 428 g/mol. The zero-order valence-corrected chi connectivity index (χ0v) is 16.9. The molecule has 5 rings (SSSR count). The Balaban J connectivity index is 1.37. The van der Waals surface area contributed by atoms with Crippen LogP contribution in [-0.2, 0) is 10.0 Å². The predicted octanol–water partition coefficient (Wildman–Crippen LogP) is 2.47. The maximum Gasteiger partial charge on any atom is 0.266 e. The minimum absolute atomic E-state index is 0.171. The number of piperidine rings is 1. The summed E-state index contributed by atoms with van der Waals surface area (Å²) in [4.78, 5) is 4.40. The van der Waals surface area contributed by atoms with Gasteiger partial charge in [0, 0.05) is 25.4 Å². The molecule has 1 atom stereocenters. The Hall–Kier alpha value is -2.98. The summed E-state index contributed by atoms with van der Waals surface area (Å²) in [6.45, 7) is 1.57. The number of fused-ring (bicyclic) bond motifs is 1. The Morgan fingerprint density at radius 3 is 2.73 bits per heavy atom. The Morgan fingerprint density at radius 2 is 1.90 bits per heavy atom. The standard InChI is InChI=1S/C20H20N4O5S/c25-30(26,15-6-7-17-18(12-15)28-11-10-27-17)24-9-3-4-14(13-24)19-22-23-20(29-19)16-5-1-2-8-21-16/h1-2,5-8,12,14H,3-4,9-11,13H2. The first kappa shape index (κ1) is 19.0. The summed E-state index contributed by atoms with van der Waals surface area (Å²) in [5.41, 5.74) is 0.591. The van der Waals surface area contributed by atoms with E-state index < -0.39 is 10.0 Å². The second-order valence-electron chi connectivity index (χ2n) is 7.17. The Labute approximate surface area is 173 Å². The highest BCUT2D eigenvalue weighted by atomic mass is 32.2. The summed E-state index contributed by atoms with van der Waals surface area (Å²) in [6.07, 6.45) is 3.13. The molecular weight excluding hydrogens is 408 g/mol. The molecule has 0 spiro atoms. The number of hydrogen-bond acceptors (Lipinski definition) is 8. The quantitative estimate of drug-likeness (QED) is 0.624.